The minimum atomic E-state index is 0.351. The first-order chi connectivity index (χ1) is 6.85. The highest BCUT2D eigenvalue weighted by atomic mass is 16.3. The molecule has 1 N–H and O–H groups in total. The molecule has 15 heavy (non-hydrogen) atoms. The van der Waals surface area contributed by atoms with Gasteiger partial charge >= 0.3 is 0 Å². The molecule has 0 fully saturated rings. The number of nitrogens with zero attached hydrogens (tertiary/aromatic N) is 1. The summed E-state index contributed by atoms with van der Waals surface area (Å²) < 4.78 is 0. The molecule has 0 aliphatic carbocycles. The average molecular weight is 215 g/mol. The van der Waals surface area contributed by atoms with Crippen molar-refractivity contribution in [2.45, 2.75) is 46.5 Å². The van der Waals surface area contributed by atoms with Gasteiger partial charge in [-0.05, 0) is 57.7 Å². The number of rotatable bonds is 7. The second kappa shape index (κ2) is 7.24. The van der Waals surface area contributed by atoms with Crippen molar-refractivity contribution in [1.29, 1.82) is 0 Å². The Labute approximate surface area is 95.7 Å². The van der Waals surface area contributed by atoms with E-state index < -0.39 is 0 Å². The van der Waals surface area contributed by atoms with Crippen molar-refractivity contribution < 1.29 is 5.11 Å². The minimum Gasteiger partial charge on any atom is -0.396 e. The maximum absolute atomic E-state index is 9.27. The van der Waals surface area contributed by atoms with E-state index in [-0.39, 0.29) is 0 Å². The molecule has 0 amide bonds. The van der Waals surface area contributed by atoms with Gasteiger partial charge in [-0.2, -0.15) is 0 Å². The lowest BCUT2D eigenvalue weighted by Gasteiger charge is -2.22. The predicted molar refractivity (Wildman–Crippen MR) is 67.1 cm³/mol. The summed E-state index contributed by atoms with van der Waals surface area (Å²) in [5.41, 5.74) is 0.398. The van der Waals surface area contributed by atoms with E-state index in [1.54, 1.807) is 0 Å². The summed E-state index contributed by atoms with van der Waals surface area (Å²) in [6, 6.07) is 0. The maximum atomic E-state index is 9.27. The zero-order valence-corrected chi connectivity index (χ0v) is 11.2. The molecule has 0 saturated carbocycles. The number of hydrogen-bond acceptors (Lipinski definition) is 2. The Hall–Kier alpha value is -0.0800. The second-order valence-corrected chi connectivity index (χ2v) is 6.09. The van der Waals surface area contributed by atoms with Crippen LogP contribution in [0.2, 0.25) is 0 Å². The van der Waals surface area contributed by atoms with Crippen LogP contribution in [0, 0.1) is 11.3 Å². The van der Waals surface area contributed by atoms with E-state index in [4.69, 9.17) is 0 Å². The van der Waals surface area contributed by atoms with E-state index in [9.17, 15) is 5.11 Å². The summed E-state index contributed by atoms with van der Waals surface area (Å²) in [7, 11) is 4.20. The maximum Gasteiger partial charge on any atom is 0.0459 e. The summed E-state index contributed by atoms with van der Waals surface area (Å²) in [4.78, 5) is 2.21. The number of aliphatic hydroxyl groups is 1. The summed E-state index contributed by atoms with van der Waals surface area (Å²) in [6.45, 7) is 8.28. The summed E-state index contributed by atoms with van der Waals surface area (Å²) in [5.74, 6) is 0.504. The Morgan fingerprint density at radius 2 is 1.73 bits per heavy atom. The van der Waals surface area contributed by atoms with Crippen LogP contribution in [-0.2, 0) is 0 Å². The van der Waals surface area contributed by atoms with Gasteiger partial charge in [-0.25, -0.2) is 0 Å². The van der Waals surface area contributed by atoms with Crippen LogP contribution in [-0.4, -0.2) is 37.3 Å². The van der Waals surface area contributed by atoms with Crippen LogP contribution in [0.25, 0.3) is 0 Å². The zero-order chi connectivity index (χ0) is 11.9. The molecule has 0 radical (unpaired) electrons. The monoisotopic (exact) mass is 215 g/mol. The van der Waals surface area contributed by atoms with E-state index in [0.717, 1.165) is 19.4 Å². The fourth-order valence-electron chi connectivity index (χ4n) is 1.66. The van der Waals surface area contributed by atoms with Gasteiger partial charge in [0.1, 0.15) is 0 Å². The topological polar surface area (TPSA) is 23.5 Å². The smallest absolute Gasteiger partial charge is 0.0459 e. The van der Waals surface area contributed by atoms with Crippen LogP contribution < -0.4 is 0 Å². The zero-order valence-electron chi connectivity index (χ0n) is 11.2. The van der Waals surface area contributed by atoms with Gasteiger partial charge in [0.05, 0.1) is 0 Å². The normalized spacial score (nSPS) is 14.6. The molecule has 0 aliphatic heterocycles. The molecule has 0 bridgehead atoms. The van der Waals surface area contributed by atoms with E-state index in [1.807, 2.05) is 0 Å². The molecular formula is C13H29NO. The SMILES string of the molecule is CN(C)CCC[C@H](CO)CCC(C)(C)C. The summed E-state index contributed by atoms with van der Waals surface area (Å²) in [6.07, 6.45) is 4.72. The first-order valence-electron chi connectivity index (χ1n) is 6.11. The molecule has 0 unspecified atom stereocenters. The molecule has 0 saturated heterocycles. The summed E-state index contributed by atoms with van der Waals surface area (Å²) >= 11 is 0. The van der Waals surface area contributed by atoms with Crippen molar-refractivity contribution in [1.82, 2.24) is 4.90 Å². The lowest BCUT2D eigenvalue weighted by Crippen LogP contribution is -2.16. The van der Waals surface area contributed by atoms with Crippen LogP contribution in [0.3, 0.4) is 0 Å². The van der Waals surface area contributed by atoms with E-state index in [0.29, 0.717) is 17.9 Å². The Balaban J connectivity index is 3.64. The lowest BCUT2D eigenvalue weighted by atomic mass is 9.85. The highest BCUT2D eigenvalue weighted by Crippen LogP contribution is 2.25. The first kappa shape index (κ1) is 14.9. The molecule has 92 valence electrons. The minimum absolute atomic E-state index is 0.351. The Bertz CT molecular complexity index is 149. The van der Waals surface area contributed by atoms with Crippen molar-refractivity contribution in [3.63, 3.8) is 0 Å². The van der Waals surface area contributed by atoms with Gasteiger partial charge in [0.15, 0.2) is 0 Å². The van der Waals surface area contributed by atoms with E-state index >= 15 is 0 Å². The molecule has 0 spiro atoms. The van der Waals surface area contributed by atoms with Gasteiger partial charge in [-0.15, -0.1) is 0 Å². The van der Waals surface area contributed by atoms with Crippen molar-refractivity contribution in [2.24, 2.45) is 11.3 Å². The van der Waals surface area contributed by atoms with Gasteiger partial charge in [0, 0.05) is 6.61 Å². The fraction of sp³-hybridized carbons (Fsp3) is 1.00. The molecule has 0 aromatic carbocycles. The Morgan fingerprint density at radius 3 is 2.13 bits per heavy atom. The third kappa shape index (κ3) is 10.2. The number of aliphatic hydroxyl groups excluding tert-OH is 1. The average Bonchev–Trinajstić information content (AvgIpc) is 2.08. The van der Waals surface area contributed by atoms with Crippen molar-refractivity contribution in [3.8, 4) is 0 Å². The van der Waals surface area contributed by atoms with Gasteiger partial charge < -0.3 is 10.0 Å². The quantitative estimate of drug-likeness (QED) is 0.706. The molecule has 2 nitrogen and oxygen atoms in total. The van der Waals surface area contributed by atoms with Gasteiger partial charge in [0.2, 0.25) is 0 Å². The Morgan fingerprint density at radius 1 is 1.13 bits per heavy atom. The molecule has 0 rings (SSSR count). The molecule has 1 atom stereocenters. The van der Waals surface area contributed by atoms with Gasteiger partial charge in [-0.1, -0.05) is 20.8 Å². The highest BCUT2D eigenvalue weighted by Gasteiger charge is 2.14. The highest BCUT2D eigenvalue weighted by molar-refractivity contribution is 4.66. The van der Waals surface area contributed by atoms with Crippen LogP contribution in [0.15, 0.2) is 0 Å². The Kier molecular flexibility index (Phi) is 7.20. The molecule has 0 aromatic rings. The second-order valence-electron chi connectivity index (χ2n) is 6.09. The van der Waals surface area contributed by atoms with Crippen LogP contribution in [0.4, 0.5) is 0 Å². The van der Waals surface area contributed by atoms with Gasteiger partial charge in [0.25, 0.3) is 0 Å². The molecular weight excluding hydrogens is 186 g/mol. The van der Waals surface area contributed by atoms with Crippen LogP contribution >= 0.6 is 0 Å². The fourth-order valence-corrected chi connectivity index (χ4v) is 1.66. The standard InChI is InChI=1S/C13H29NO/c1-13(2,3)9-8-12(11-15)7-6-10-14(4)5/h12,15H,6-11H2,1-5H3/t12-/m0/s1. The molecule has 2 heteroatoms. The van der Waals surface area contributed by atoms with Crippen molar-refractivity contribution in [3.05, 3.63) is 0 Å². The van der Waals surface area contributed by atoms with Crippen molar-refractivity contribution >= 4 is 0 Å². The molecule has 0 aliphatic rings. The lowest BCUT2D eigenvalue weighted by molar-refractivity contribution is 0.187. The third-order valence-corrected chi connectivity index (χ3v) is 2.78. The predicted octanol–water partition coefficient (Wildman–Crippen LogP) is 2.76. The van der Waals surface area contributed by atoms with Crippen molar-refractivity contribution in [2.75, 3.05) is 27.2 Å². The first-order valence-corrected chi connectivity index (χ1v) is 6.11. The summed E-state index contributed by atoms with van der Waals surface area (Å²) in [5, 5.41) is 9.27. The van der Waals surface area contributed by atoms with E-state index in [2.05, 4.69) is 39.8 Å². The third-order valence-electron chi connectivity index (χ3n) is 2.78. The largest absolute Gasteiger partial charge is 0.396 e. The van der Waals surface area contributed by atoms with Crippen LogP contribution in [0.1, 0.15) is 46.5 Å². The molecule has 0 heterocycles. The molecule has 0 aromatic heterocycles. The van der Waals surface area contributed by atoms with Gasteiger partial charge in [-0.3, -0.25) is 0 Å². The van der Waals surface area contributed by atoms with Crippen LogP contribution in [0.5, 0.6) is 0 Å². The van der Waals surface area contributed by atoms with E-state index in [1.165, 1.54) is 12.8 Å². The number of hydrogen-bond donors (Lipinski definition) is 1.